The van der Waals surface area contributed by atoms with Crippen molar-refractivity contribution < 1.29 is 39.2 Å². The topological polar surface area (TPSA) is 162 Å². The molecule has 9 unspecified atom stereocenters. The molecule has 0 radical (unpaired) electrons. The normalized spacial score (nSPS) is 34.2. The van der Waals surface area contributed by atoms with Crippen molar-refractivity contribution in [2.24, 2.45) is 51.2 Å². The van der Waals surface area contributed by atoms with Crippen molar-refractivity contribution in [3.05, 3.63) is 64.7 Å². The van der Waals surface area contributed by atoms with Crippen LogP contribution in [-0.4, -0.2) is 51.8 Å². The monoisotopic (exact) mass is 770 g/mol. The number of benzene rings is 2. The van der Waals surface area contributed by atoms with Gasteiger partial charge in [-0.25, -0.2) is 4.79 Å². The fourth-order valence-corrected chi connectivity index (χ4v) is 13.4. The van der Waals surface area contributed by atoms with Crippen LogP contribution in [0.5, 0.6) is 5.75 Å². The number of aliphatic hydroxyl groups excluding tert-OH is 1. The SMILES string of the molecule is CC1(C)C(O)CCC2(C)C1CCC1(C)C3CCC4(C(=O)NCc5cccc(C(=O)NCc6ccc(OCCCC(=O)O)c(C(=O)O)c6)c5)CCCC4C3CCC12. The molecule has 0 spiro atoms. The van der Waals surface area contributed by atoms with Crippen LogP contribution < -0.4 is 15.4 Å². The first kappa shape index (κ1) is 40.3. The van der Waals surface area contributed by atoms with E-state index in [0.717, 1.165) is 50.5 Å². The molecule has 10 heteroatoms. The predicted octanol–water partition coefficient (Wildman–Crippen LogP) is 8.00. The third kappa shape index (κ3) is 7.13. The van der Waals surface area contributed by atoms with Crippen molar-refractivity contribution in [1.82, 2.24) is 10.6 Å². The largest absolute Gasteiger partial charge is 0.493 e. The minimum atomic E-state index is -1.18. The van der Waals surface area contributed by atoms with E-state index >= 15 is 0 Å². The molecular weight excluding hydrogens is 709 g/mol. The Balaban J connectivity index is 0.965. The molecule has 2 aromatic carbocycles. The van der Waals surface area contributed by atoms with E-state index in [0.29, 0.717) is 47.3 Å². The maximum atomic E-state index is 14.3. The molecule has 5 aliphatic carbocycles. The highest BCUT2D eigenvalue weighted by Crippen LogP contribution is 2.73. The van der Waals surface area contributed by atoms with E-state index in [2.05, 4.69) is 38.3 Å². The summed E-state index contributed by atoms with van der Waals surface area (Å²) in [4.78, 5) is 50.2. The second-order valence-electron chi connectivity index (χ2n) is 19.1. The van der Waals surface area contributed by atoms with E-state index < -0.39 is 11.9 Å². The van der Waals surface area contributed by atoms with Gasteiger partial charge < -0.3 is 30.7 Å². The Morgan fingerprint density at radius 1 is 0.768 bits per heavy atom. The Kier molecular flexibility index (Phi) is 11.1. The summed E-state index contributed by atoms with van der Waals surface area (Å²) in [6, 6.07) is 11.9. The molecule has 0 aliphatic heterocycles. The summed E-state index contributed by atoms with van der Waals surface area (Å²) in [5.41, 5.74) is 1.98. The molecule has 9 atom stereocenters. The summed E-state index contributed by atoms with van der Waals surface area (Å²) in [5, 5.41) is 35.8. The number of hydrogen-bond acceptors (Lipinski definition) is 6. The summed E-state index contributed by atoms with van der Waals surface area (Å²) in [7, 11) is 0. The van der Waals surface area contributed by atoms with Gasteiger partial charge in [0.25, 0.3) is 5.91 Å². The number of rotatable bonds is 12. The summed E-state index contributed by atoms with van der Waals surface area (Å²) >= 11 is 0. The second-order valence-corrected chi connectivity index (χ2v) is 19.1. The predicted molar refractivity (Wildman–Crippen MR) is 212 cm³/mol. The fourth-order valence-electron chi connectivity index (χ4n) is 13.4. The van der Waals surface area contributed by atoms with Gasteiger partial charge in [-0.2, -0.15) is 0 Å². The molecule has 2 aromatic rings. The van der Waals surface area contributed by atoms with Gasteiger partial charge in [-0.1, -0.05) is 52.3 Å². The van der Waals surface area contributed by atoms with Crippen LogP contribution in [-0.2, 0) is 22.7 Å². The van der Waals surface area contributed by atoms with Crippen LogP contribution in [0.1, 0.15) is 143 Å². The number of aliphatic hydroxyl groups is 1. The second kappa shape index (κ2) is 15.4. The maximum absolute atomic E-state index is 14.3. The zero-order valence-electron chi connectivity index (χ0n) is 33.7. The smallest absolute Gasteiger partial charge is 0.339 e. The first-order valence-corrected chi connectivity index (χ1v) is 21.1. The van der Waals surface area contributed by atoms with Crippen LogP contribution in [0.3, 0.4) is 0 Å². The number of fused-ring (bicyclic) bond motifs is 7. The molecule has 0 heterocycles. The number of ether oxygens (including phenoxy) is 1. The number of aliphatic carboxylic acids is 1. The lowest BCUT2D eigenvalue weighted by molar-refractivity contribution is -0.214. The number of carbonyl (C=O) groups excluding carboxylic acids is 2. The van der Waals surface area contributed by atoms with Gasteiger partial charge in [-0.15, -0.1) is 0 Å². The van der Waals surface area contributed by atoms with Gasteiger partial charge in [-0.3, -0.25) is 14.4 Å². The number of hydrogen-bond donors (Lipinski definition) is 5. The lowest BCUT2D eigenvalue weighted by Crippen LogP contribution is -2.63. The standard InChI is InChI=1S/C46H62N2O8/c1-43(2)36-17-20-44(3)33-16-22-46(19-6-10-34(46)31(33)13-15-37(44)45(36,4)21-18-38(43)49)42(55)48-27-28-8-5-9-30(24-28)40(52)47-26-29-12-14-35(32(25-29)41(53)54)56-23-7-11-39(50)51/h5,8-9,12,14,24-25,31,33-34,36-38,49H,6-7,10-11,13,15-23,26-27H2,1-4H3,(H,47,52)(H,48,55)(H,50,51)(H,53,54). The Morgan fingerprint density at radius 3 is 2.29 bits per heavy atom. The number of carboxylic acid groups (broad SMARTS) is 2. The van der Waals surface area contributed by atoms with Crippen molar-refractivity contribution in [2.75, 3.05) is 6.61 Å². The van der Waals surface area contributed by atoms with E-state index in [-0.39, 0.29) is 76.9 Å². The minimum absolute atomic E-state index is 0.0507. The van der Waals surface area contributed by atoms with Gasteiger partial charge in [-0.05, 0) is 152 Å². The molecule has 0 saturated heterocycles. The number of carbonyl (C=O) groups is 4. The van der Waals surface area contributed by atoms with Gasteiger partial charge in [0.2, 0.25) is 5.91 Å². The number of amides is 2. The molecule has 5 N–H and O–H groups in total. The molecule has 2 amide bonds. The van der Waals surface area contributed by atoms with Gasteiger partial charge in [0.15, 0.2) is 0 Å². The Bertz CT molecular complexity index is 1840. The van der Waals surface area contributed by atoms with E-state index in [1.165, 1.54) is 37.8 Å². The molecule has 0 aromatic heterocycles. The van der Waals surface area contributed by atoms with Crippen LogP contribution in [0.25, 0.3) is 0 Å². The van der Waals surface area contributed by atoms with E-state index in [1.807, 2.05) is 12.1 Å². The lowest BCUT2D eigenvalue weighted by Gasteiger charge is -2.69. The van der Waals surface area contributed by atoms with Crippen molar-refractivity contribution in [3.63, 3.8) is 0 Å². The Hall–Kier alpha value is -3.92. The van der Waals surface area contributed by atoms with Crippen molar-refractivity contribution >= 4 is 23.8 Å². The molecule has 5 aliphatic rings. The summed E-state index contributed by atoms with van der Waals surface area (Å²) < 4.78 is 5.52. The van der Waals surface area contributed by atoms with E-state index in [9.17, 15) is 29.4 Å². The first-order valence-electron chi connectivity index (χ1n) is 21.1. The quantitative estimate of drug-likeness (QED) is 0.136. The van der Waals surface area contributed by atoms with Crippen LogP contribution in [0, 0.1) is 51.2 Å². The highest BCUT2D eigenvalue weighted by molar-refractivity contribution is 5.94. The molecule has 5 fully saturated rings. The molecule has 304 valence electrons. The van der Waals surface area contributed by atoms with Gasteiger partial charge in [0.1, 0.15) is 11.3 Å². The van der Waals surface area contributed by atoms with E-state index in [4.69, 9.17) is 9.84 Å². The average Bonchev–Trinajstić information content (AvgIpc) is 3.62. The zero-order chi connectivity index (χ0) is 40.0. The Labute approximate surface area is 331 Å². The third-order valence-electron chi connectivity index (χ3n) is 16.1. The van der Waals surface area contributed by atoms with E-state index in [1.54, 1.807) is 18.2 Å². The Morgan fingerprint density at radius 2 is 1.52 bits per heavy atom. The number of aromatic carboxylic acids is 1. The molecule has 0 bridgehead atoms. The van der Waals surface area contributed by atoms with Crippen molar-refractivity contribution in [3.8, 4) is 5.75 Å². The van der Waals surface area contributed by atoms with Crippen LogP contribution in [0.15, 0.2) is 42.5 Å². The van der Waals surface area contributed by atoms with Crippen LogP contribution in [0.4, 0.5) is 0 Å². The minimum Gasteiger partial charge on any atom is -0.493 e. The van der Waals surface area contributed by atoms with Crippen molar-refractivity contribution in [1.29, 1.82) is 0 Å². The fraction of sp³-hybridized carbons (Fsp3) is 0.652. The molecule has 10 nitrogen and oxygen atoms in total. The number of nitrogens with one attached hydrogen (secondary N) is 2. The number of carboxylic acids is 2. The van der Waals surface area contributed by atoms with Crippen LogP contribution in [0.2, 0.25) is 0 Å². The first-order chi connectivity index (χ1) is 26.6. The van der Waals surface area contributed by atoms with Gasteiger partial charge >= 0.3 is 11.9 Å². The summed E-state index contributed by atoms with van der Waals surface area (Å²) in [5.74, 6) is 0.725. The molecule has 7 rings (SSSR count). The molecular formula is C46H62N2O8. The molecule has 56 heavy (non-hydrogen) atoms. The average molecular weight is 771 g/mol. The zero-order valence-corrected chi connectivity index (χ0v) is 33.7. The van der Waals surface area contributed by atoms with Crippen molar-refractivity contribution in [2.45, 2.75) is 130 Å². The highest BCUT2D eigenvalue weighted by atomic mass is 16.5. The summed E-state index contributed by atoms with van der Waals surface area (Å²) in [6.45, 7) is 10.3. The summed E-state index contributed by atoms with van der Waals surface area (Å²) in [6.07, 6.45) is 12.1. The van der Waals surface area contributed by atoms with Crippen LogP contribution >= 0.6 is 0 Å². The highest BCUT2D eigenvalue weighted by Gasteiger charge is 2.67. The van der Waals surface area contributed by atoms with Gasteiger partial charge in [0.05, 0.1) is 18.1 Å². The van der Waals surface area contributed by atoms with Gasteiger partial charge in [0, 0.05) is 25.1 Å². The third-order valence-corrected chi connectivity index (χ3v) is 16.1. The molecule has 5 saturated carbocycles. The maximum Gasteiger partial charge on any atom is 0.339 e. The lowest BCUT2D eigenvalue weighted by atomic mass is 9.36.